The minimum atomic E-state index is -0.570. The predicted molar refractivity (Wildman–Crippen MR) is 53.3 cm³/mol. The summed E-state index contributed by atoms with van der Waals surface area (Å²) in [7, 11) is 0. The minimum absolute atomic E-state index is 0.206. The zero-order valence-electron chi connectivity index (χ0n) is 7.70. The number of amides is 1. The van der Waals surface area contributed by atoms with Crippen LogP contribution in [0.15, 0.2) is 18.5 Å². The van der Waals surface area contributed by atoms with E-state index in [1.807, 2.05) is 0 Å². The van der Waals surface area contributed by atoms with Crippen LogP contribution in [0, 0.1) is 0 Å². The van der Waals surface area contributed by atoms with E-state index in [9.17, 15) is 4.79 Å². The van der Waals surface area contributed by atoms with Crippen LogP contribution in [-0.2, 0) is 0 Å². The average molecular weight is 215 g/mol. The van der Waals surface area contributed by atoms with Crippen molar-refractivity contribution < 1.29 is 9.90 Å². The zero-order chi connectivity index (χ0) is 10.6. The number of hydrogen-bond acceptors (Lipinski definition) is 3. The van der Waals surface area contributed by atoms with E-state index < -0.39 is 6.10 Å². The Morgan fingerprint density at radius 1 is 1.79 bits per heavy atom. The standard InChI is InChI=1S/C9H11ClN2O2/c1-6(13)4-12-9(14)7-2-3-11-5-8(7)10/h2-3,5-6,13H,4H2,1H3,(H,12,14). The van der Waals surface area contributed by atoms with Crippen molar-refractivity contribution in [2.75, 3.05) is 6.54 Å². The quantitative estimate of drug-likeness (QED) is 0.784. The molecule has 76 valence electrons. The minimum Gasteiger partial charge on any atom is -0.392 e. The van der Waals surface area contributed by atoms with Crippen LogP contribution in [0.3, 0.4) is 0 Å². The molecule has 0 saturated carbocycles. The number of hydrogen-bond donors (Lipinski definition) is 2. The lowest BCUT2D eigenvalue weighted by molar-refractivity contribution is 0.0924. The molecule has 0 aromatic carbocycles. The van der Waals surface area contributed by atoms with E-state index >= 15 is 0 Å². The first-order valence-electron chi connectivity index (χ1n) is 4.17. The van der Waals surface area contributed by atoms with Gasteiger partial charge in [-0.1, -0.05) is 11.6 Å². The Morgan fingerprint density at radius 3 is 3.07 bits per heavy atom. The van der Waals surface area contributed by atoms with Gasteiger partial charge in [0.05, 0.1) is 16.7 Å². The van der Waals surface area contributed by atoms with Gasteiger partial charge in [0.25, 0.3) is 5.91 Å². The maximum Gasteiger partial charge on any atom is 0.252 e. The molecule has 1 unspecified atom stereocenters. The molecule has 14 heavy (non-hydrogen) atoms. The molecule has 0 saturated heterocycles. The Morgan fingerprint density at radius 2 is 2.50 bits per heavy atom. The highest BCUT2D eigenvalue weighted by molar-refractivity contribution is 6.33. The Labute approximate surface area is 86.9 Å². The summed E-state index contributed by atoms with van der Waals surface area (Å²) in [6, 6.07) is 1.53. The van der Waals surface area contributed by atoms with Crippen LogP contribution in [0.25, 0.3) is 0 Å². The highest BCUT2D eigenvalue weighted by atomic mass is 35.5. The third kappa shape index (κ3) is 2.97. The maximum absolute atomic E-state index is 11.4. The van der Waals surface area contributed by atoms with E-state index in [1.165, 1.54) is 18.5 Å². The van der Waals surface area contributed by atoms with Crippen LogP contribution in [0.1, 0.15) is 17.3 Å². The topological polar surface area (TPSA) is 62.2 Å². The number of nitrogens with one attached hydrogen (secondary N) is 1. The zero-order valence-corrected chi connectivity index (χ0v) is 8.45. The first kappa shape index (κ1) is 10.9. The van der Waals surface area contributed by atoms with Crippen molar-refractivity contribution in [2.24, 2.45) is 0 Å². The number of rotatable bonds is 3. The summed E-state index contributed by atoms with van der Waals surface area (Å²) in [5.74, 6) is -0.307. The third-order valence-electron chi connectivity index (χ3n) is 1.58. The maximum atomic E-state index is 11.4. The molecule has 1 aromatic rings. The molecule has 1 atom stereocenters. The molecule has 1 rings (SSSR count). The van der Waals surface area contributed by atoms with Gasteiger partial charge in [-0.3, -0.25) is 9.78 Å². The van der Waals surface area contributed by atoms with Gasteiger partial charge in [0.15, 0.2) is 0 Å². The number of pyridine rings is 1. The van der Waals surface area contributed by atoms with E-state index in [0.717, 1.165) is 0 Å². The fourth-order valence-corrected chi connectivity index (χ4v) is 1.10. The molecule has 0 radical (unpaired) electrons. The molecule has 1 aromatic heterocycles. The summed E-state index contributed by atoms with van der Waals surface area (Å²) in [5, 5.41) is 11.8. The number of halogens is 1. The van der Waals surface area contributed by atoms with Crippen LogP contribution >= 0.6 is 11.6 Å². The van der Waals surface area contributed by atoms with Gasteiger partial charge in [-0.05, 0) is 13.0 Å². The fourth-order valence-electron chi connectivity index (χ4n) is 0.895. The van der Waals surface area contributed by atoms with E-state index in [-0.39, 0.29) is 12.5 Å². The molecule has 2 N–H and O–H groups in total. The summed E-state index contributed by atoms with van der Waals surface area (Å²) in [6.45, 7) is 1.80. The fraction of sp³-hybridized carbons (Fsp3) is 0.333. The van der Waals surface area contributed by atoms with Crippen molar-refractivity contribution in [1.29, 1.82) is 0 Å². The second-order valence-electron chi connectivity index (χ2n) is 2.91. The molecule has 0 aliphatic carbocycles. The molecule has 0 bridgehead atoms. The second-order valence-corrected chi connectivity index (χ2v) is 3.32. The summed E-state index contributed by atoms with van der Waals surface area (Å²) in [5.41, 5.74) is 0.363. The highest BCUT2D eigenvalue weighted by Gasteiger charge is 2.09. The Balaban J connectivity index is 2.65. The number of aliphatic hydroxyl groups excluding tert-OH is 1. The predicted octanol–water partition coefficient (Wildman–Crippen LogP) is 0.846. The normalized spacial score (nSPS) is 12.2. The van der Waals surface area contributed by atoms with Crippen LogP contribution < -0.4 is 5.32 Å². The van der Waals surface area contributed by atoms with Crippen LogP contribution in [-0.4, -0.2) is 28.6 Å². The van der Waals surface area contributed by atoms with Gasteiger partial charge in [0, 0.05) is 18.9 Å². The number of nitrogens with zero attached hydrogens (tertiary/aromatic N) is 1. The van der Waals surface area contributed by atoms with E-state index in [2.05, 4.69) is 10.3 Å². The first-order valence-corrected chi connectivity index (χ1v) is 4.55. The van der Waals surface area contributed by atoms with Crippen molar-refractivity contribution in [3.8, 4) is 0 Å². The third-order valence-corrected chi connectivity index (χ3v) is 1.88. The molecule has 4 nitrogen and oxygen atoms in total. The molecule has 0 fully saturated rings. The monoisotopic (exact) mass is 214 g/mol. The van der Waals surface area contributed by atoms with Crippen molar-refractivity contribution in [1.82, 2.24) is 10.3 Å². The molecular formula is C9H11ClN2O2. The van der Waals surface area contributed by atoms with Gasteiger partial charge in [0.2, 0.25) is 0 Å². The largest absolute Gasteiger partial charge is 0.392 e. The Bertz CT molecular complexity index is 328. The van der Waals surface area contributed by atoms with Gasteiger partial charge < -0.3 is 10.4 Å². The van der Waals surface area contributed by atoms with E-state index in [0.29, 0.717) is 10.6 Å². The summed E-state index contributed by atoms with van der Waals surface area (Å²) in [4.78, 5) is 15.2. The highest BCUT2D eigenvalue weighted by Crippen LogP contribution is 2.12. The van der Waals surface area contributed by atoms with Gasteiger partial charge in [0.1, 0.15) is 0 Å². The lowest BCUT2D eigenvalue weighted by Gasteiger charge is -2.07. The van der Waals surface area contributed by atoms with Gasteiger partial charge >= 0.3 is 0 Å². The van der Waals surface area contributed by atoms with Gasteiger partial charge in [-0.2, -0.15) is 0 Å². The number of aliphatic hydroxyl groups is 1. The van der Waals surface area contributed by atoms with Crippen LogP contribution in [0.2, 0.25) is 5.02 Å². The van der Waals surface area contributed by atoms with E-state index in [4.69, 9.17) is 16.7 Å². The molecule has 5 heteroatoms. The Kier molecular flexibility index (Phi) is 3.85. The van der Waals surface area contributed by atoms with Crippen LogP contribution in [0.4, 0.5) is 0 Å². The molecular weight excluding hydrogens is 204 g/mol. The molecule has 0 aliphatic rings. The SMILES string of the molecule is CC(O)CNC(=O)c1ccncc1Cl. The number of aromatic nitrogens is 1. The molecule has 1 heterocycles. The van der Waals surface area contributed by atoms with Crippen LogP contribution in [0.5, 0.6) is 0 Å². The van der Waals surface area contributed by atoms with Crippen molar-refractivity contribution >= 4 is 17.5 Å². The smallest absolute Gasteiger partial charge is 0.252 e. The lowest BCUT2D eigenvalue weighted by atomic mass is 10.2. The summed E-state index contributed by atoms with van der Waals surface area (Å²) >= 11 is 5.75. The first-order chi connectivity index (χ1) is 6.61. The average Bonchev–Trinajstić information content (AvgIpc) is 2.15. The van der Waals surface area contributed by atoms with Crippen molar-refractivity contribution in [3.63, 3.8) is 0 Å². The molecule has 0 spiro atoms. The van der Waals surface area contributed by atoms with Gasteiger partial charge in [-0.25, -0.2) is 0 Å². The lowest BCUT2D eigenvalue weighted by Crippen LogP contribution is -2.30. The van der Waals surface area contributed by atoms with E-state index in [1.54, 1.807) is 6.92 Å². The molecule has 0 aliphatic heterocycles. The number of carbonyl (C=O) groups excluding carboxylic acids is 1. The van der Waals surface area contributed by atoms with Crippen molar-refractivity contribution in [3.05, 3.63) is 29.0 Å². The summed E-state index contributed by atoms with van der Waals surface area (Å²) in [6.07, 6.45) is 2.32. The molecule has 1 amide bonds. The van der Waals surface area contributed by atoms with Gasteiger partial charge in [-0.15, -0.1) is 0 Å². The summed E-state index contributed by atoms with van der Waals surface area (Å²) < 4.78 is 0. The second kappa shape index (κ2) is 4.93. The Hall–Kier alpha value is -1.13. The van der Waals surface area contributed by atoms with Crippen molar-refractivity contribution in [2.45, 2.75) is 13.0 Å². The number of carbonyl (C=O) groups is 1.